The van der Waals surface area contributed by atoms with Crippen molar-refractivity contribution < 1.29 is 0 Å². The van der Waals surface area contributed by atoms with Crippen LogP contribution in [0.3, 0.4) is 0 Å². The minimum absolute atomic E-state index is 0.141. The van der Waals surface area contributed by atoms with E-state index in [4.69, 9.17) is 5.73 Å². The van der Waals surface area contributed by atoms with Gasteiger partial charge in [-0.15, -0.1) is 0 Å². The lowest BCUT2D eigenvalue weighted by atomic mass is 9.85. The molecule has 1 heteroatoms. The summed E-state index contributed by atoms with van der Waals surface area (Å²) in [4.78, 5) is 0. The van der Waals surface area contributed by atoms with Gasteiger partial charge in [0.25, 0.3) is 0 Å². The van der Waals surface area contributed by atoms with Gasteiger partial charge in [0.05, 0.1) is 0 Å². The lowest BCUT2D eigenvalue weighted by Gasteiger charge is -2.23. The Morgan fingerprint density at radius 1 is 1.19 bits per heavy atom. The van der Waals surface area contributed by atoms with Crippen molar-refractivity contribution >= 4 is 0 Å². The van der Waals surface area contributed by atoms with E-state index in [1.165, 1.54) is 16.7 Å². The third kappa shape index (κ3) is 5.73. The van der Waals surface area contributed by atoms with Crippen molar-refractivity contribution in [1.29, 1.82) is 0 Å². The van der Waals surface area contributed by atoms with Gasteiger partial charge >= 0.3 is 0 Å². The number of hydrogen-bond donors (Lipinski definition) is 1. The summed E-state index contributed by atoms with van der Waals surface area (Å²) < 4.78 is 0. The molecular formula is C20H29N. The van der Waals surface area contributed by atoms with Gasteiger partial charge in [0.2, 0.25) is 0 Å². The summed E-state index contributed by atoms with van der Waals surface area (Å²) in [6, 6.07) is 10.8. The summed E-state index contributed by atoms with van der Waals surface area (Å²) in [7, 11) is 0. The van der Waals surface area contributed by atoms with Crippen LogP contribution in [0.25, 0.3) is 0 Å². The Balaban J connectivity index is 3.03. The van der Waals surface area contributed by atoms with Crippen molar-refractivity contribution in [3.63, 3.8) is 0 Å². The van der Waals surface area contributed by atoms with E-state index in [0.717, 1.165) is 12.8 Å². The lowest BCUT2D eigenvalue weighted by molar-refractivity contribution is 0.564. The normalized spacial score (nSPS) is 16.2. The highest BCUT2D eigenvalue weighted by molar-refractivity contribution is 5.31. The first-order valence-electron chi connectivity index (χ1n) is 7.88. The van der Waals surface area contributed by atoms with Gasteiger partial charge in [0.15, 0.2) is 0 Å². The predicted molar refractivity (Wildman–Crippen MR) is 94.4 cm³/mol. The summed E-state index contributed by atoms with van der Waals surface area (Å²) in [5.74, 6) is 0.359. The third-order valence-corrected chi connectivity index (χ3v) is 3.98. The first-order chi connectivity index (χ1) is 10.1. The number of nitrogens with two attached hydrogens (primary N) is 1. The number of allylic oxidation sites excluding steroid dienone is 6. The fourth-order valence-electron chi connectivity index (χ4n) is 2.44. The Hall–Kier alpha value is -1.60. The van der Waals surface area contributed by atoms with Crippen LogP contribution in [0.5, 0.6) is 0 Å². The van der Waals surface area contributed by atoms with E-state index < -0.39 is 0 Å². The van der Waals surface area contributed by atoms with Gasteiger partial charge < -0.3 is 5.73 Å². The van der Waals surface area contributed by atoms with Gasteiger partial charge in [-0.05, 0) is 44.7 Å². The molecule has 0 amide bonds. The van der Waals surface area contributed by atoms with E-state index in [9.17, 15) is 0 Å². The Bertz CT molecular complexity index is 492. The zero-order valence-corrected chi connectivity index (χ0v) is 13.8. The third-order valence-electron chi connectivity index (χ3n) is 3.98. The molecule has 0 aliphatic heterocycles. The molecule has 21 heavy (non-hydrogen) atoms. The molecule has 2 N–H and O–H groups in total. The predicted octanol–water partition coefficient (Wildman–Crippen LogP) is 5.37. The van der Waals surface area contributed by atoms with Crippen LogP contribution in [0, 0.1) is 0 Å². The van der Waals surface area contributed by atoms with Gasteiger partial charge in [-0.1, -0.05) is 67.1 Å². The van der Waals surface area contributed by atoms with Crippen LogP contribution in [0.15, 0.2) is 65.8 Å². The van der Waals surface area contributed by atoms with Crippen LogP contribution in [-0.2, 0) is 0 Å². The van der Waals surface area contributed by atoms with E-state index in [-0.39, 0.29) is 6.04 Å². The highest BCUT2D eigenvalue weighted by atomic mass is 14.6. The number of hydrogen-bond acceptors (Lipinski definition) is 1. The monoisotopic (exact) mass is 283 g/mol. The molecule has 0 aliphatic rings. The van der Waals surface area contributed by atoms with Crippen LogP contribution < -0.4 is 5.73 Å². The van der Waals surface area contributed by atoms with Crippen molar-refractivity contribution in [2.24, 2.45) is 5.73 Å². The average Bonchev–Trinajstić information content (AvgIpc) is 2.50. The van der Waals surface area contributed by atoms with Gasteiger partial charge in [-0.25, -0.2) is 0 Å². The SMILES string of the molecule is C\C=C/C=C\C(C[C@@H](c1ccccc1)C(C)N)=C(/C)CC. The van der Waals surface area contributed by atoms with E-state index >= 15 is 0 Å². The highest BCUT2D eigenvalue weighted by Gasteiger charge is 2.17. The molecule has 1 aromatic rings. The second-order valence-corrected chi connectivity index (χ2v) is 5.62. The van der Waals surface area contributed by atoms with Crippen molar-refractivity contribution in [2.75, 3.05) is 0 Å². The van der Waals surface area contributed by atoms with Gasteiger partial charge in [0, 0.05) is 12.0 Å². The van der Waals surface area contributed by atoms with Crippen molar-refractivity contribution in [3.05, 3.63) is 71.3 Å². The van der Waals surface area contributed by atoms with Crippen LogP contribution in [0.2, 0.25) is 0 Å². The Labute approximate surface area is 130 Å². The van der Waals surface area contributed by atoms with Crippen molar-refractivity contribution in [2.45, 2.75) is 52.5 Å². The maximum Gasteiger partial charge on any atom is 0.00825 e. The Morgan fingerprint density at radius 2 is 1.86 bits per heavy atom. The standard InChI is InChI=1S/C20H29N/c1-5-7-9-14-19(16(3)6-2)15-20(17(4)21)18-12-10-8-11-13-18/h5,7-14,17,20H,6,15,21H2,1-4H3/b7-5-,14-9-,19-16-/t17?,20-/m1/s1. The van der Waals surface area contributed by atoms with Gasteiger partial charge in [-0.3, -0.25) is 0 Å². The maximum atomic E-state index is 6.25. The van der Waals surface area contributed by atoms with E-state index in [0.29, 0.717) is 5.92 Å². The number of benzene rings is 1. The maximum absolute atomic E-state index is 6.25. The molecule has 2 atom stereocenters. The van der Waals surface area contributed by atoms with Crippen LogP contribution in [0.1, 0.15) is 52.0 Å². The molecule has 0 fully saturated rings. The van der Waals surface area contributed by atoms with Crippen LogP contribution in [-0.4, -0.2) is 6.04 Å². The Morgan fingerprint density at radius 3 is 2.38 bits per heavy atom. The minimum atomic E-state index is 0.141. The minimum Gasteiger partial charge on any atom is -0.327 e. The molecular weight excluding hydrogens is 254 g/mol. The summed E-state index contributed by atoms with van der Waals surface area (Å²) in [6.07, 6.45) is 10.6. The smallest absolute Gasteiger partial charge is 0.00825 e. The molecule has 0 radical (unpaired) electrons. The second kappa shape index (κ2) is 9.36. The molecule has 0 saturated carbocycles. The zero-order valence-electron chi connectivity index (χ0n) is 13.8. The first kappa shape index (κ1) is 17.5. The molecule has 1 nitrogen and oxygen atoms in total. The number of rotatable bonds is 7. The zero-order chi connectivity index (χ0) is 15.7. The molecule has 1 aromatic carbocycles. The second-order valence-electron chi connectivity index (χ2n) is 5.62. The summed E-state index contributed by atoms with van der Waals surface area (Å²) >= 11 is 0. The molecule has 0 bridgehead atoms. The first-order valence-corrected chi connectivity index (χ1v) is 7.88. The van der Waals surface area contributed by atoms with E-state index in [1.807, 2.05) is 6.92 Å². The molecule has 1 rings (SSSR count). The summed E-state index contributed by atoms with van der Waals surface area (Å²) in [5.41, 5.74) is 10.4. The molecule has 0 spiro atoms. The van der Waals surface area contributed by atoms with Gasteiger partial charge in [-0.2, -0.15) is 0 Å². The topological polar surface area (TPSA) is 26.0 Å². The van der Waals surface area contributed by atoms with E-state index in [1.54, 1.807) is 0 Å². The van der Waals surface area contributed by atoms with Crippen molar-refractivity contribution in [1.82, 2.24) is 0 Å². The van der Waals surface area contributed by atoms with Crippen LogP contribution >= 0.6 is 0 Å². The summed E-state index contributed by atoms with van der Waals surface area (Å²) in [5, 5.41) is 0. The quantitative estimate of drug-likeness (QED) is 0.669. The highest BCUT2D eigenvalue weighted by Crippen LogP contribution is 2.29. The Kier molecular flexibility index (Phi) is 7.78. The molecule has 0 aromatic heterocycles. The fraction of sp³-hybridized carbons (Fsp3) is 0.400. The summed E-state index contributed by atoms with van der Waals surface area (Å²) in [6.45, 7) is 8.57. The van der Waals surface area contributed by atoms with Crippen molar-refractivity contribution in [3.8, 4) is 0 Å². The molecule has 0 heterocycles. The largest absolute Gasteiger partial charge is 0.327 e. The lowest BCUT2D eigenvalue weighted by Crippen LogP contribution is -2.25. The molecule has 0 saturated heterocycles. The fourth-order valence-corrected chi connectivity index (χ4v) is 2.44. The molecule has 0 aliphatic carbocycles. The molecule has 114 valence electrons. The average molecular weight is 283 g/mol. The molecule has 1 unspecified atom stereocenters. The van der Waals surface area contributed by atoms with Gasteiger partial charge in [0.1, 0.15) is 0 Å². The van der Waals surface area contributed by atoms with E-state index in [2.05, 4.69) is 75.4 Å². The van der Waals surface area contributed by atoms with Crippen LogP contribution in [0.4, 0.5) is 0 Å².